The minimum atomic E-state index is 0.168. The number of carbonyl (C=O) groups is 1. The fourth-order valence-corrected chi connectivity index (χ4v) is 4.76. The number of hydrogen-bond donors (Lipinski definition) is 0. The third kappa shape index (κ3) is 3.95. The molecule has 2 saturated heterocycles. The highest BCUT2D eigenvalue weighted by molar-refractivity contribution is 5.94. The molecule has 1 atom stereocenters. The first-order chi connectivity index (χ1) is 13.4. The summed E-state index contributed by atoms with van der Waals surface area (Å²) in [6.07, 6.45) is 3.51. The van der Waals surface area contributed by atoms with E-state index in [0.717, 1.165) is 61.9 Å². The van der Waals surface area contributed by atoms with Crippen LogP contribution in [-0.2, 0) is 6.54 Å². The van der Waals surface area contributed by atoms with Crippen LogP contribution in [0.1, 0.15) is 41.1 Å². The van der Waals surface area contributed by atoms with E-state index < -0.39 is 0 Å². The number of piperidine rings is 1. The summed E-state index contributed by atoms with van der Waals surface area (Å²) in [5.41, 5.74) is 2.14. The zero-order valence-electron chi connectivity index (χ0n) is 17.3. The minimum absolute atomic E-state index is 0.168. The van der Waals surface area contributed by atoms with Gasteiger partial charge in [-0.3, -0.25) is 9.69 Å². The molecule has 1 aromatic carbocycles. The number of amides is 1. The monoisotopic (exact) mass is 381 g/mol. The van der Waals surface area contributed by atoms with Crippen molar-refractivity contribution in [1.29, 1.82) is 0 Å². The average molecular weight is 382 g/mol. The Morgan fingerprint density at radius 3 is 2.54 bits per heavy atom. The summed E-state index contributed by atoms with van der Waals surface area (Å²) >= 11 is 0. The Labute approximate surface area is 167 Å². The molecule has 0 aliphatic carbocycles. The van der Waals surface area contributed by atoms with Crippen LogP contribution in [0.15, 0.2) is 40.8 Å². The van der Waals surface area contributed by atoms with Gasteiger partial charge in [-0.25, -0.2) is 0 Å². The average Bonchev–Trinajstić information content (AvgIpc) is 3.27. The van der Waals surface area contributed by atoms with E-state index in [2.05, 4.69) is 20.8 Å². The number of aryl methyl sites for hydroxylation is 1. The van der Waals surface area contributed by atoms with Crippen LogP contribution in [0.2, 0.25) is 0 Å². The van der Waals surface area contributed by atoms with Gasteiger partial charge in [0.15, 0.2) is 0 Å². The first-order valence-electron chi connectivity index (χ1n) is 10.3. The van der Waals surface area contributed by atoms with Crippen LogP contribution in [-0.4, -0.2) is 56.0 Å². The van der Waals surface area contributed by atoms with Gasteiger partial charge in [-0.2, -0.15) is 0 Å². The fraction of sp³-hybridized carbons (Fsp3) is 0.522. The van der Waals surface area contributed by atoms with Crippen molar-refractivity contribution >= 4 is 11.6 Å². The third-order valence-corrected chi connectivity index (χ3v) is 6.27. The van der Waals surface area contributed by atoms with Gasteiger partial charge in [0.25, 0.3) is 5.91 Å². The topological polar surface area (TPSA) is 39.9 Å². The molecule has 2 aliphatic rings. The number of benzene rings is 1. The van der Waals surface area contributed by atoms with Crippen LogP contribution in [0.5, 0.6) is 0 Å². The highest BCUT2D eigenvalue weighted by atomic mass is 16.3. The molecule has 3 heterocycles. The maximum atomic E-state index is 13.0. The van der Waals surface area contributed by atoms with Crippen LogP contribution in [0, 0.1) is 12.3 Å². The van der Waals surface area contributed by atoms with Crippen LogP contribution in [0.25, 0.3) is 0 Å². The molecule has 28 heavy (non-hydrogen) atoms. The number of furan rings is 1. The Bertz CT molecular complexity index is 827. The highest BCUT2D eigenvalue weighted by Gasteiger charge is 2.42. The predicted molar refractivity (Wildman–Crippen MR) is 112 cm³/mol. The molecule has 5 nitrogen and oxygen atoms in total. The molecular weight excluding hydrogens is 350 g/mol. The van der Waals surface area contributed by atoms with Crippen molar-refractivity contribution in [3.05, 3.63) is 53.5 Å². The van der Waals surface area contributed by atoms with Gasteiger partial charge in [-0.15, -0.1) is 0 Å². The molecule has 2 fully saturated rings. The van der Waals surface area contributed by atoms with E-state index in [1.54, 1.807) is 0 Å². The summed E-state index contributed by atoms with van der Waals surface area (Å²) in [5.74, 6) is 2.18. The fourth-order valence-electron chi connectivity index (χ4n) is 4.76. The van der Waals surface area contributed by atoms with Gasteiger partial charge >= 0.3 is 0 Å². The van der Waals surface area contributed by atoms with Gasteiger partial charge in [-0.1, -0.05) is 0 Å². The predicted octanol–water partition coefficient (Wildman–Crippen LogP) is 3.78. The smallest absolute Gasteiger partial charge is 0.253 e. The zero-order chi connectivity index (χ0) is 19.7. The van der Waals surface area contributed by atoms with Crippen molar-refractivity contribution in [2.75, 3.05) is 45.2 Å². The molecule has 0 saturated carbocycles. The second kappa shape index (κ2) is 7.63. The molecule has 5 heteroatoms. The van der Waals surface area contributed by atoms with E-state index >= 15 is 0 Å². The number of anilines is 1. The van der Waals surface area contributed by atoms with E-state index in [0.29, 0.717) is 0 Å². The first kappa shape index (κ1) is 19.1. The van der Waals surface area contributed by atoms with Gasteiger partial charge in [0.2, 0.25) is 0 Å². The van der Waals surface area contributed by atoms with Crippen molar-refractivity contribution in [1.82, 2.24) is 9.80 Å². The standard InChI is InChI=1S/C23H31N3O2/c1-18-5-10-21(28-18)15-25-13-4-11-23(16-25)12-14-26(17-23)22(27)19-6-8-20(9-7-19)24(2)3/h5-10H,4,11-17H2,1-3H3. The lowest BCUT2D eigenvalue weighted by atomic mass is 9.79. The summed E-state index contributed by atoms with van der Waals surface area (Å²) in [6, 6.07) is 12.1. The SMILES string of the molecule is Cc1ccc(CN2CCCC3(CCN(C(=O)c4ccc(N(C)C)cc4)C3)C2)o1. The number of nitrogens with zero attached hydrogens (tertiary/aromatic N) is 3. The molecule has 1 amide bonds. The molecule has 1 spiro atoms. The van der Waals surface area contributed by atoms with E-state index in [1.165, 1.54) is 12.8 Å². The van der Waals surface area contributed by atoms with E-state index in [4.69, 9.17) is 4.42 Å². The van der Waals surface area contributed by atoms with Crippen molar-refractivity contribution < 1.29 is 9.21 Å². The van der Waals surface area contributed by atoms with E-state index in [-0.39, 0.29) is 11.3 Å². The first-order valence-corrected chi connectivity index (χ1v) is 10.3. The second-order valence-electron chi connectivity index (χ2n) is 8.74. The molecule has 1 unspecified atom stereocenters. The van der Waals surface area contributed by atoms with Crippen molar-refractivity contribution in [3.63, 3.8) is 0 Å². The molecule has 0 radical (unpaired) electrons. The highest BCUT2D eigenvalue weighted by Crippen LogP contribution is 2.40. The summed E-state index contributed by atoms with van der Waals surface area (Å²) in [5, 5.41) is 0. The van der Waals surface area contributed by atoms with Crippen molar-refractivity contribution in [2.45, 2.75) is 32.7 Å². The van der Waals surface area contributed by atoms with Crippen LogP contribution in [0.4, 0.5) is 5.69 Å². The number of likely N-dealkylation sites (tertiary alicyclic amines) is 2. The van der Waals surface area contributed by atoms with Crippen LogP contribution >= 0.6 is 0 Å². The zero-order valence-corrected chi connectivity index (χ0v) is 17.3. The minimum Gasteiger partial charge on any atom is -0.465 e. The maximum absolute atomic E-state index is 13.0. The third-order valence-electron chi connectivity index (χ3n) is 6.27. The Balaban J connectivity index is 1.40. The normalized spacial score (nSPS) is 22.8. The quantitative estimate of drug-likeness (QED) is 0.808. The molecular formula is C23H31N3O2. The van der Waals surface area contributed by atoms with Crippen LogP contribution < -0.4 is 4.90 Å². The van der Waals surface area contributed by atoms with Crippen molar-refractivity contribution in [3.8, 4) is 0 Å². The summed E-state index contributed by atoms with van der Waals surface area (Å²) in [7, 11) is 4.03. The van der Waals surface area contributed by atoms with Gasteiger partial charge in [0.05, 0.1) is 6.54 Å². The number of rotatable bonds is 4. The molecule has 2 aliphatic heterocycles. The Hall–Kier alpha value is -2.27. The van der Waals surface area contributed by atoms with Crippen LogP contribution in [0.3, 0.4) is 0 Å². The summed E-state index contributed by atoms with van der Waals surface area (Å²) < 4.78 is 5.77. The maximum Gasteiger partial charge on any atom is 0.253 e. The summed E-state index contributed by atoms with van der Waals surface area (Å²) in [6.45, 7) is 6.76. The summed E-state index contributed by atoms with van der Waals surface area (Å²) in [4.78, 5) is 19.6. The number of carbonyl (C=O) groups excluding carboxylic acids is 1. The van der Waals surface area contributed by atoms with E-state index in [1.807, 2.05) is 51.4 Å². The Morgan fingerprint density at radius 2 is 1.86 bits per heavy atom. The molecule has 2 aromatic rings. The van der Waals surface area contributed by atoms with Gasteiger partial charge in [0, 0.05) is 50.4 Å². The van der Waals surface area contributed by atoms with Gasteiger partial charge < -0.3 is 14.2 Å². The molecule has 0 N–H and O–H groups in total. The Kier molecular flexibility index (Phi) is 5.19. The van der Waals surface area contributed by atoms with Gasteiger partial charge in [0.1, 0.15) is 11.5 Å². The lowest BCUT2D eigenvalue weighted by Gasteiger charge is -2.40. The van der Waals surface area contributed by atoms with Gasteiger partial charge in [-0.05, 0) is 69.1 Å². The lowest BCUT2D eigenvalue weighted by Crippen LogP contribution is -2.44. The van der Waals surface area contributed by atoms with E-state index in [9.17, 15) is 4.79 Å². The molecule has 1 aromatic heterocycles. The molecule has 150 valence electrons. The largest absolute Gasteiger partial charge is 0.465 e. The second-order valence-corrected chi connectivity index (χ2v) is 8.74. The molecule has 0 bridgehead atoms. The number of hydrogen-bond acceptors (Lipinski definition) is 4. The Morgan fingerprint density at radius 1 is 1.07 bits per heavy atom. The molecule has 4 rings (SSSR count). The van der Waals surface area contributed by atoms with Crippen molar-refractivity contribution in [2.24, 2.45) is 5.41 Å². The lowest BCUT2D eigenvalue weighted by molar-refractivity contribution is 0.0658.